The predicted octanol–water partition coefficient (Wildman–Crippen LogP) is 1.46. The summed E-state index contributed by atoms with van der Waals surface area (Å²) < 4.78 is 16.5. The number of benzene rings is 1. The summed E-state index contributed by atoms with van der Waals surface area (Å²) in [6.45, 7) is 3.70. The van der Waals surface area contributed by atoms with E-state index in [9.17, 15) is 0 Å². The van der Waals surface area contributed by atoms with E-state index in [-0.39, 0.29) is 0 Å². The highest BCUT2D eigenvalue weighted by molar-refractivity contribution is 5.56. The topological polar surface area (TPSA) is 39.7 Å². The highest BCUT2D eigenvalue weighted by Crippen LogP contribution is 2.31. The molecule has 0 aliphatic carbocycles. The Labute approximate surface area is 107 Å². The summed E-state index contributed by atoms with van der Waals surface area (Å²) in [5.74, 6) is 1.66. The fraction of sp³-hybridized carbons (Fsp3) is 0.429. The number of ether oxygens (including phenoxy) is 3. The van der Waals surface area contributed by atoms with Gasteiger partial charge in [0.1, 0.15) is 13.2 Å². The lowest BCUT2D eigenvalue weighted by Gasteiger charge is -2.21. The molecule has 0 radical (unpaired) electrons. The fourth-order valence-corrected chi connectivity index (χ4v) is 2.10. The molecule has 0 bridgehead atoms. The Morgan fingerprint density at radius 2 is 2.00 bits per heavy atom. The van der Waals surface area contributed by atoms with Crippen molar-refractivity contribution in [3.8, 4) is 11.5 Å². The van der Waals surface area contributed by atoms with Crippen molar-refractivity contribution < 1.29 is 14.2 Å². The van der Waals surface area contributed by atoms with Crippen LogP contribution >= 0.6 is 0 Å². The minimum Gasteiger partial charge on any atom is -0.486 e. The molecule has 2 aliphatic heterocycles. The van der Waals surface area contributed by atoms with Gasteiger partial charge >= 0.3 is 0 Å². The second kappa shape index (κ2) is 5.42. The molecule has 0 amide bonds. The van der Waals surface area contributed by atoms with Crippen molar-refractivity contribution >= 4 is 6.08 Å². The number of nitrogens with one attached hydrogen (secondary N) is 1. The highest BCUT2D eigenvalue weighted by atomic mass is 16.6. The van der Waals surface area contributed by atoms with E-state index in [4.69, 9.17) is 14.2 Å². The standard InChI is InChI=1S/C14H17NO3/c1(3-12-10-16-6-5-15-12)11-2-4-13-14(9-11)18-8-7-17-13/h1-4,9,12,15H,5-8,10H2/b3-1+. The van der Waals surface area contributed by atoms with Crippen molar-refractivity contribution in [2.45, 2.75) is 6.04 Å². The van der Waals surface area contributed by atoms with E-state index in [0.717, 1.165) is 36.8 Å². The zero-order chi connectivity index (χ0) is 12.2. The smallest absolute Gasteiger partial charge is 0.161 e. The SMILES string of the molecule is C(=C\C1COCCN1)/c1ccc2c(c1)OCCO2. The van der Waals surface area contributed by atoms with Gasteiger partial charge in [-0.1, -0.05) is 18.2 Å². The molecular weight excluding hydrogens is 230 g/mol. The third-order valence-electron chi connectivity index (χ3n) is 3.04. The number of rotatable bonds is 2. The molecule has 1 saturated heterocycles. The van der Waals surface area contributed by atoms with E-state index in [1.54, 1.807) is 0 Å². The molecule has 2 aliphatic rings. The van der Waals surface area contributed by atoms with Gasteiger partial charge in [-0.25, -0.2) is 0 Å². The van der Waals surface area contributed by atoms with E-state index in [1.165, 1.54) is 0 Å². The van der Waals surface area contributed by atoms with Crippen molar-refractivity contribution in [1.82, 2.24) is 5.32 Å². The Balaban J connectivity index is 1.70. The second-order valence-electron chi connectivity index (χ2n) is 4.40. The maximum atomic E-state index is 5.56. The molecule has 2 heterocycles. The monoisotopic (exact) mass is 247 g/mol. The molecule has 0 spiro atoms. The average Bonchev–Trinajstić information content (AvgIpc) is 2.46. The van der Waals surface area contributed by atoms with Gasteiger partial charge in [-0.05, 0) is 17.7 Å². The molecule has 3 rings (SSSR count). The quantitative estimate of drug-likeness (QED) is 0.859. The lowest BCUT2D eigenvalue weighted by molar-refractivity contribution is 0.0903. The van der Waals surface area contributed by atoms with Crippen molar-refractivity contribution in [1.29, 1.82) is 0 Å². The number of hydrogen-bond acceptors (Lipinski definition) is 4. The largest absolute Gasteiger partial charge is 0.486 e. The van der Waals surface area contributed by atoms with Crippen LogP contribution in [0, 0.1) is 0 Å². The van der Waals surface area contributed by atoms with Gasteiger partial charge in [-0.2, -0.15) is 0 Å². The molecule has 1 N–H and O–H groups in total. The lowest BCUT2D eigenvalue weighted by Crippen LogP contribution is -2.39. The molecule has 0 saturated carbocycles. The van der Waals surface area contributed by atoms with Gasteiger partial charge in [0.15, 0.2) is 11.5 Å². The van der Waals surface area contributed by atoms with Crippen LogP contribution in [-0.4, -0.2) is 39.0 Å². The van der Waals surface area contributed by atoms with Crippen LogP contribution in [0.15, 0.2) is 24.3 Å². The maximum Gasteiger partial charge on any atom is 0.161 e. The Morgan fingerprint density at radius 3 is 2.83 bits per heavy atom. The summed E-state index contributed by atoms with van der Waals surface area (Å²) in [6.07, 6.45) is 4.22. The van der Waals surface area contributed by atoms with E-state index >= 15 is 0 Å². The van der Waals surface area contributed by atoms with Gasteiger partial charge in [-0.15, -0.1) is 0 Å². The van der Waals surface area contributed by atoms with Crippen molar-refractivity contribution in [3.63, 3.8) is 0 Å². The summed E-state index contributed by atoms with van der Waals surface area (Å²) >= 11 is 0. The van der Waals surface area contributed by atoms with Gasteiger partial charge in [0, 0.05) is 12.6 Å². The first kappa shape index (κ1) is 11.6. The molecule has 1 fully saturated rings. The Bertz CT molecular complexity index is 439. The molecule has 96 valence electrons. The van der Waals surface area contributed by atoms with Crippen LogP contribution < -0.4 is 14.8 Å². The van der Waals surface area contributed by atoms with E-state index in [2.05, 4.69) is 17.5 Å². The first-order chi connectivity index (χ1) is 8.92. The first-order valence-electron chi connectivity index (χ1n) is 6.31. The van der Waals surface area contributed by atoms with Crippen LogP contribution in [-0.2, 0) is 4.74 Å². The molecule has 18 heavy (non-hydrogen) atoms. The van der Waals surface area contributed by atoms with Gasteiger partial charge in [0.05, 0.1) is 13.2 Å². The van der Waals surface area contributed by atoms with Gasteiger partial charge < -0.3 is 19.5 Å². The molecule has 1 aromatic carbocycles. The predicted molar refractivity (Wildman–Crippen MR) is 69.1 cm³/mol. The van der Waals surface area contributed by atoms with Crippen LogP contribution in [0.2, 0.25) is 0 Å². The zero-order valence-electron chi connectivity index (χ0n) is 10.2. The average molecular weight is 247 g/mol. The third-order valence-corrected chi connectivity index (χ3v) is 3.04. The summed E-state index contributed by atoms with van der Waals surface area (Å²) in [6, 6.07) is 6.30. The maximum absolute atomic E-state index is 5.56. The third kappa shape index (κ3) is 2.66. The van der Waals surface area contributed by atoms with Crippen molar-refractivity contribution in [3.05, 3.63) is 29.8 Å². The Hall–Kier alpha value is -1.52. The first-order valence-corrected chi connectivity index (χ1v) is 6.31. The number of morpholine rings is 1. The minimum atomic E-state index is 0.298. The minimum absolute atomic E-state index is 0.298. The van der Waals surface area contributed by atoms with Crippen LogP contribution in [0.4, 0.5) is 0 Å². The van der Waals surface area contributed by atoms with Crippen LogP contribution in [0.5, 0.6) is 11.5 Å². The van der Waals surface area contributed by atoms with Gasteiger partial charge in [0.2, 0.25) is 0 Å². The summed E-state index contributed by atoms with van der Waals surface area (Å²) in [5, 5.41) is 3.38. The zero-order valence-corrected chi connectivity index (χ0v) is 10.2. The highest BCUT2D eigenvalue weighted by Gasteiger charge is 2.12. The Kier molecular flexibility index (Phi) is 3.48. The summed E-state index contributed by atoms with van der Waals surface area (Å²) in [4.78, 5) is 0. The van der Waals surface area contributed by atoms with E-state index in [1.807, 2.05) is 18.2 Å². The van der Waals surface area contributed by atoms with Gasteiger partial charge in [0.25, 0.3) is 0 Å². The summed E-state index contributed by atoms with van der Waals surface area (Å²) in [5.41, 5.74) is 1.12. The van der Waals surface area contributed by atoms with Crippen LogP contribution in [0.25, 0.3) is 6.08 Å². The Morgan fingerprint density at radius 1 is 1.11 bits per heavy atom. The van der Waals surface area contributed by atoms with Gasteiger partial charge in [-0.3, -0.25) is 0 Å². The molecule has 1 atom stereocenters. The van der Waals surface area contributed by atoms with Crippen molar-refractivity contribution in [2.75, 3.05) is 33.0 Å². The molecule has 4 heteroatoms. The lowest BCUT2D eigenvalue weighted by atomic mass is 10.1. The molecule has 4 nitrogen and oxygen atoms in total. The number of hydrogen-bond donors (Lipinski definition) is 1. The number of fused-ring (bicyclic) bond motifs is 1. The normalized spacial score (nSPS) is 23.2. The van der Waals surface area contributed by atoms with Crippen LogP contribution in [0.3, 0.4) is 0 Å². The molecular formula is C14H17NO3. The van der Waals surface area contributed by atoms with Crippen molar-refractivity contribution in [2.24, 2.45) is 0 Å². The van der Waals surface area contributed by atoms with Crippen LogP contribution in [0.1, 0.15) is 5.56 Å². The fourth-order valence-electron chi connectivity index (χ4n) is 2.10. The second-order valence-corrected chi connectivity index (χ2v) is 4.40. The molecule has 1 aromatic rings. The van der Waals surface area contributed by atoms with E-state index < -0.39 is 0 Å². The molecule has 0 aromatic heterocycles. The summed E-state index contributed by atoms with van der Waals surface area (Å²) in [7, 11) is 0. The van der Waals surface area contributed by atoms with E-state index in [0.29, 0.717) is 19.3 Å². The molecule has 1 unspecified atom stereocenters.